The van der Waals surface area contributed by atoms with Gasteiger partial charge in [0, 0.05) is 10.0 Å². The number of nitrogens with two attached hydrogens (primary N) is 1. The maximum Gasteiger partial charge on any atom is 0.241 e. The maximum atomic E-state index is 12.4. The van der Waals surface area contributed by atoms with Crippen molar-refractivity contribution >= 4 is 39.1 Å². The first-order chi connectivity index (χ1) is 10.3. The number of halogens is 2. The summed E-state index contributed by atoms with van der Waals surface area (Å²) in [4.78, 5) is 11.4. The van der Waals surface area contributed by atoms with Crippen LogP contribution in [0.25, 0.3) is 0 Å². The Morgan fingerprint density at radius 3 is 2.09 bits per heavy atom. The lowest BCUT2D eigenvalue weighted by molar-refractivity contribution is -0.119. The molecule has 2 aromatic carbocycles. The van der Waals surface area contributed by atoms with Gasteiger partial charge in [0.15, 0.2) is 0 Å². The summed E-state index contributed by atoms with van der Waals surface area (Å²) in [5, 5.41) is 0.339. The third kappa shape index (κ3) is 3.98. The Balaban J connectivity index is 2.39. The van der Waals surface area contributed by atoms with Gasteiger partial charge in [0.25, 0.3) is 0 Å². The summed E-state index contributed by atoms with van der Waals surface area (Å²) in [5.41, 5.74) is 5.73. The smallest absolute Gasteiger partial charge is 0.241 e. The molecule has 3 N–H and O–H groups in total. The molecule has 8 heteroatoms. The van der Waals surface area contributed by atoms with Gasteiger partial charge in [-0.2, -0.15) is 4.72 Å². The number of benzene rings is 2. The van der Waals surface area contributed by atoms with E-state index in [0.29, 0.717) is 5.56 Å². The monoisotopic (exact) mass is 358 g/mol. The number of sulfonamides is 1. The molecule has 0 bridgehead atoms. The quantitative estimate of drug-likeness (QED) is 0.860. The Morgan fingerprint density at radius 2 is 1.59 bits per heavy atom. The van der Waals surface area contributed by atoms with Crippen LogP contribution >= 0.6 is 23.2 Å². The van der Waals surface area contributed by atoms with Crippen molar-refractivity contribution in [3.63, 3.8) is 0 Å². The van der Waals surface area contributed by atoms with Crippen molar-refractivity contribution in [2.75, 3.05) is 0 Å². The van der Waals surface area contributed by atoms with Crippen molar-refractivity contribution in [3.05, 3.63) is 64.1 Å². The lowest BCUT2D eigenvalue weighted by Crippen LogP contribution is -2.37. The fourth-order valence-electron chi connectivity index (χ4n) is 1.84. The SMILES string of the molecule is NC(=O)C(NS(=O)(=O)c1cc(Cl)cc(Cl)c1)c1ccccc1. The highest BCUT2D eigenvalue weighted by molar-refractivity contribution is 7.89. The molecule has 0 aromatic heterocycles. The standard InChI is InChI=1S/C14H12Cl2N2O3S/c15-10-6-11(16)8-12(7-10)22(20,21)18-13(14(17)19)9-4-2-1-3-5-9/h1-8,13,18H,(H2,17,19). The van der Waals surface area contributed by atoms with Crippen molar-refractivity contribution in [2.45, 2.75) is 10.9 Å². The first-order valence-corrected chi connectivity index (χ1v) is 8.36. The number of carbonyl (C=O) groups excluding carboxylic acids is 1. The van der Waals surface area contributed by atoms with Gasteiger partial charge in [-0.15, -0.1) is 0 Å². The summed E-state index contributed by atoms with van der Waals surface area (Å²) >= 11 is 11.6. The van der Waals surface area contributed by atoms with Crippen LogP contribution in [0.5, 0.6) is 0 Å². The minimum absolute atomic E-state index is 0.146. The highest BCUT2D eigenvalue weighted by Gasteiger charge is 2.25. The largest absolute Gasteiger partial charge is 0.368 e. The predicted octanol–water partition coefficient (Wildman–Crippen LogP) is 2.50. The van der Waals surface area contributed by atoms with Crippen molar-refractivity contribution in [2.24, 2.45) is 5.73 Å². The summed E-state index contributed by atoms with van der Waals surface area (Å²) in [6.07, 6.45) is 0. The van der Waals surface area contributed by atoms with Crippen LogP contribution in [0, 0.1) is 0 Å². The number of nitrogens with one attached hydrogen (secondary N) is 1. The number of hydrogen-bond donors (Lipinski definition) is 2. The second kappa shape index (κ2) is 6.66. The van der Waals surface area contributed by atoms with E-state index in [0.717, 1.165) is 0 Å². The van der Waals surface area contributed by atoms with Gasteiger partial charge < -0.3 is 5.73 Å². The molecule has 0 radical (unpaired) electrons. The average molecular weight is 359 g/mol. The second-order valence-electron chi connectivity index (χ2n) is 4.47. The van der Waals surface area contributed by atoms with E-state index in [1.54, 1.807) is 30.3 Å². The topological polar surface area (TPSA) is 89.3 Å². The van der Waals surface area contributed by atoms with Gasteiger partial charge in [0.2, 0.25) is 15.9 Å². The first-order valence-electron chi connectivity index (χ1n) is 6.12. The normalized spacial score (nSPS) is 12.8. The molecule has 2 aromatic rings. The van der Waals surface area contributed by atoms with Crippen LogP contribution in [-0.2, 0) is 14.8 Å². The fraction of sp³-hybridized carbons (Fsp3) is 0.0714. The molecule has 0 spiro atoms. The summed E-state index contributed by atoms with van der Waals surface area (Å²) in [7, 11) is -4.02. The average Bonchev–Trinajstić information content (AvgIpc) is 2.44. The number of primary amides is 1. The van der Waals surface area contributed by atoms with Gasteiger partial charge in [0.05, 0.1) is 4.90 Å². The van der Waals surface area contributed by atoms with E-state index in [2.05, 4.69) is 4.72 Å². The zero-order chi connectivity index (χ0) is 16.3. The molecule has 2 rings (SSSR count). The highest BCUT2D eigenvalue weighted by Crippen LogP contribution is 2.24. The van der Waals surface area contributed by atoms with E-state index in [9.17, 15) is 13.2 Å². The first kappa shape index (κ1) is 16.8. The third-order valence-corrected chi connectivity index (χ3v) is 4.68. The predicted molar refractivity (Wildman–Crippen MR) is 85.2 cm³/mol. The van der Waals surface area contributed by atoms with Crippen LogP contribution in [0.4, 0.5) is 0 Å². The minimum atomic E-state index is -4.02. The Hall–Kier alpha value is -1.60. The summed E-state index contributed by atoms with van der Waals surface area (Å²) in [5.74, 6) is -0.817. The summed E-state index contributed by atoms with van der Waals surface area (Å²) in [6.45, 7) is 0. The van der Waals surface area contributed by atoms with Crippen molar-refractivity contribution in [1.82, 2.24) is 4.72 Å². The van der Waals surface area contributed by atoms with E-state index in [-0.39, 0.29) is 14.9 Å². The van der Waals surface area contributed by atoms with Gasteiger partial charge >= 0.3 is 0 Å². The number of rotatable bonds is 5. The Bertz CT molecular complexity index is 775. The van der Waals surface area contributed by atoms with Crippen LogP contribution in [0.1, 0.15) is 11.6 Å². The summed E-state index contributed by atoms with van der Waals surface area (Å²) < 4.78 is 27.0. The van der Waals surface area contributed by atoms with Crippen molar-refractivity contribution < 1.29 is 13.2 Å². The molecule has 22 heavy (non-hydrogen) atoms. The van der Waals surface area contributed by atoms with Crippen LogP contribution in [0.3, 0.4) is 0 Å². The molecule has 0 heterocycles. The van der Waals surface area contributed by atoms with E-state index < -0.39 is 22.0 Å². The van der Waals surface area contributed by atoms with Crippen molar-refractivity contribution in [1.29, 1.82) is 0 Å². The van der Waals surface area contributed by atoms with E-state index >= 15 is 0 Å². The Labute approximate surface area is 138 Å². The van der Waals surface area contributed by atoms with Gasteiger partial charge in [-0.25, -0.2) is 8.42 Å². The molecule has 116 valence electrons. The van der Waals surface area contributed by atoms with Crippen molar-refractivity contribution in [3.8, 4) is 0 Å². The molecule has 1 atom stereocenters. The number of carbonyl (C=O) groups is 1. The number of hydrogen-bond acceptors (Lipinski definition) is 3. The molecule has 0 fully saturated rings. The van der Waals surface area contributed by atoms with Gasteiger partial charge in [0.1, 0.15) is 6.04 Å². The molecule has 0 aliphatic carbocycles. The zero-order valence-electron chi connectivity index (χ0n) is 11.2. The molecule has 0 aliphatic heterocycles. The molecule has 0 saturated carbocycles. The lowest BCUT2D eigenvalue weighted by atomic mass is 10.1. The fourth-order valence-corrected chi connectivity index (χ4v) is 3.76. The van der Waals surface area contributed by atoms with Gasteiger partial charge in [-0.05, 0) is 23.8 Å². The summed E-state index contributed by atoms with van der Waals surface area (Å²) in [6, 6.07) is 11.0. The van der Waals surface area contributed by atoms with Crippen LogP contribution < -0.4 is 10.5 Å². The lowest BCUT2D eigenvalue weighted by Gasteiger charge is -2.16. The zero-order valence-corrected chi connectivity index (χ0v) is 13.5. The van der Waals surface area contributed by atoms with Crippen LogP contribution in [-0.4, -0.2) is 14.3 Å². The van der Waals surface area contributed by atoms with E-state index in [4.69, 9.17) is 28.9 Å². The molecular formula is C14H12Cl2N2O3S. The second-order valence-corrected chi connectivity index (χ2v) is 7.06. The maximum absolute atomic E-state index is 12.4. The third-order valence-electron chi connectivity index (χ3n) is 2.84. The number of amides is 1. The molecule has 1 unspecified atom stereocenters. The Kier molecular flexibility index (Phi) is 5.08. The molecule has 5 nitrogen and oxygen atoms in total. The van der Waals surface area contributed by atoms with Gasteiger partial charge in [-0.1, -0.05) is 53.5 Å². The van der Waals surface area contributed by atoms with Gasteiger partial charge in [-0.3, -0.25) is 4.79 Å². The van der Waals surface area contributed by atoms with Crippen LogP contribution in [0.2, 0.25) is 10.0 Å². The molecule has 0 aliphatic rings. The van der Waals surface area contributed by atoms with Crippen LogP contribution in [0.15, 0.2) is 53.4 Å². The van der Waals surface area contributed by atoms with E-state index in [1.165, 1.54) is 18.2 Å². The minimum Gasteiger partial charge on any atom is -0.368 e. The molecular weight excluding hydrogens is 347 g/mol. The highest BCUT2D eigenvalue weighted by atomic mass is 35.5. The molecule has 1 amide bonds. The van der Waals surface area contributed by atoms with E-state index in [1.807, 2.05) is 0 Å². The molecule has 0 saturated heterocycles. The Morgan fingerprint density at radius 1 is 1.05 bits per heavy atom.